The molecule has 0 fully saturated rings. The summed E-state index contributed by atoms with van der Waals surface area (Å²) in [6.45, 7) is 3.35. The molecule has 254 valence electrons. The minimum absolute atomic E-state index is 0.0265. The molecular weight excluding hydrogens is 610 g/mol. The Morgan fingerprint density at radius 2 is 1.13 bits per heavy atom. The quantitative estimate of drug-likeness (QED) is 0.0886. The third kappa shape index (κ3) is 13.3. The number of hydrogen-bond donors (Lipinski definition) is 8. The molecule has 0 aliphatic heterocycles. The van der Waals surface area contributed by atoms with Gasteiger partial charge in [-0.15, -0.1) is 0 Å². The molecule has 2 aromatic carbocycles. The molecule has 0 aliphatic rings. The molecule has 0 heterocycles. The van der Waals surface area contributed by atoms with Crippen LogP contribution >= 0.6 is 0 Å². The Balaban J connectivity index is 2.28. The van der Waals surface area contributed by atoms with Crippen LogP contribution in [-0.2, 0) is 46.4 Å². The van der Waals surface area contributed by atoms with Gasteiger partial charge in [-0.2, -0.15) is 0 Å². The van der Waals surface area contributed by atoms with Crippen LogP contribution in [0.15, 0.2) is 60.7 Å². The zero-order valence-corrected chi connectivity index (χ0v) is 26.3. The molecular formula is C32H43N7O8. The van der Waals surface area contributed by atoms with Crippen LogP contribution in [0.2, 0.25) is 0 Å². The summed E-state index contributed by atoms with van der Waals surface area (Å²) in [5.41, 5.74) is 18.2. The SMILES string of the molecule is CC(C)C(NC(=O)C(Cc1ccccc1)NC(=O)C(CCC(=O)O)NC(=O)C(CC(N)=O)NC(=O)C(N)Cc1ccccc1)C(N)=O. The van der Waals surface area contributed by atoms with Crippen molar-refractivity contribution in [2.45, 2.75) is 76.2 Å². The maximum atomic E-state index is 13.5. The second-order valence-corrected chi connectivity index (χ2v) is 11.4. The van der Waals surface area contributed by atoms with E-state index in [0.717, 1.165) is 5.56 Å². The number of hydrogen-bond acceptors (Lipinski definition) is 8. The van der Waals surface area contributed by atoms with Crippen LogP contribution in [0, 0.1) is 5.92 Å². The predicted molar refractivity (Wildman–Crippen MR) is 171 cm³/mol. The van der Waals surface area contributed by atoms with Gasteiger partial charge in [0.2, 0.25) is 35.4 Å². The minimum atomic E-state index is -1.55. The van der Waals surface area contributed by atoms with Crippen molar-refractivity contribution >= 4 is 41.4 Å². The van der Waals surface area contributed by atoms with Crippen LogP contribution in [-0.4, -0.2) is 76.7 Å². The number of rotatable bonds is 19. The highest BCUT2D eigenvalue weighted by atomic mass is 16.4. The van der Waals surface area contributed by atoms with Gasteiger partial charge in [0.25, 0.3) is 0 Å². The molecule has 47 heavy (non-hydrogen) atoms. The van der Waals surface area contributed by atoms with Gasteiger partial charge in [-0.3, -0.25) is 33.6 Å². The van der Waals surface area contributed by atoms with Crippen molar-refractivity contribution in [3.8, 4) is 0 Å². The Kier molecular flexibility index (Phi) is 15.0. The first-order valence-electron chi connectivity index (χ1n) is 15.0. The molecule has 0 saturated carbocycles. The first-order chi connectivity index (χ1) is 22.2. The van der Waals surface area contributed by atoms with Crippen molar-refractivity contribution in [3.05, 3.63) is 71.8 Å². The molecule has 2 aromatic rings. The van der Waals surface area contributed by atoms with Crippen LogP contribution in [0.4, 0.5) is 0 Å². The second-order valence-electron chi connectivity index (χ2n) is 11.4. The molecule has 0 bridgehead atoms. The van der Waals surface area contributed by atoms with Gasteiger partial charge >= 0.3 is 5.97 Å². The molecule has 0 aromatic heterocycles. The maximum absolute atomic E-state index is 13.5. The number of amides is 6. The number of carboxylic acid groups (broad SMARTS) is 1. The number of nitrogens with one attached hydrogen (secondary N) is 4. The first-order valence-corrected chi connectivity index (χ1v) is 15.0. The van der Waals surface area contributed by atoms with E-state index in [0.29, 0.717) is 5.56 Å². The highest BCUT2D eigenvalue weighted by Gasteiger charge is 2.33. The summed E-state index contributed by atoms with van der Waals surface area (Å²) in [7, 11) is 0. The molecule has 0 aliphatic carbocycles. The topological polar surface area (TPSA) is 266 Å². The Morgan fingerprint density at radius 1 is 0.660 bits per heavy atom. The van der Waals surface area contributed by atoms with Crippen LogP contribution in [0.3, 0.4) is 0 Å². The smallest absolute Gasteiger partial charge is 0.303 e. The lowest BCUT2D eigenvalue weighted by Crippen LogP contribution is -2.60. The van der Waals surface area contributed by atoms with E-state index in [1.165, 1.54) is 0 Å². The average molecular weight is 654 g/mol. The van der Waals surface area contributed by atoms with E-state index in [2.05, 4.69) is 21.3 Å². The fourth-order valence-electron chi connectivity index (χ4n) is 4.61. The van der Waals surface area contributed by atoms with E-state index < -0.39 is 90.9 Å². The molecule has 15 nitrogen and oxygen atoms in total. The molecule has 0 saturated heterocycles. The lowest BCUT2D eigenvalue weighted by Gasteiger charge is -2.27. The fourth-order valence-corrected chi connectivity index (χ4v) is 4.61. The van der Waals surface area contributed by atoms with Crippen molar-refractivity contribution in [1.29, 1.82) is 0 Å². The standard InChI is InChI=1S/C32H43N7O8/c1-18(2)27(28(35)43)39-32(47)23(16-20-11-7-4-8-12-20)38-30(45)22(13-14-26(41)42)36-31(46)24(17-25(34)40)37-29(44)21(33)15-19-9-5-3-6-10-19/h3-12,18,21-24,27H,13-17,33H2,1-2H3,(H2,34,40)(H2,35,43)(H,36,46)(H,37,44)(H,38,45)(H,39,47)(H,41,42). The molecule has 15 heteroatoms. The van der Waals surface area contributed by atoms with Gasteiger partial charge in [-0.05, 0) is 29.9 Å². The molecule has 6 amide bonds. The zero-order chi connectivity index (χ0) is 35.1. The Labute approximate surface area is 272 Å². The molecule has 2 rings (SSSR count). The summed E-state index contributed by atoms with van der Waals surface area (Å²) in [6.07, 6.45) is -1.51. The normalized spacial score (nSPS) is 14.0. The van der Waals surface area contributed by atoms with Gasteiger partial charge < -0.3 is 43.6 Å². The maximum Gasteiger partial charge on any atom is 0.303 e. The summed E-state index contributed by atoms with van der Waals surface area (Å²) in [6, 6.07) is 11.0. The summed E-state index contributed by atoms with van der Waals surface area (Å²) in [4.78, 5) is 88.2. The monoisotopic (exact) mass is 653 g/mol. The van der Waals surface area contributed by atoms with Crippen LogP contribution in [0.1, 0.15) is 44.2 Å². The number of benzene rings is 2. The van der Waals surface area contributed by atoms with E-state index in [1.54, 1.807) is 74.5 Å². The molecule has 5 atom stereocenters. The fraction of sp³-hybridized carbons (Fsp3) is 0.406. The minimum Gasteiger partial charge on any atom is -0.481 e. The molecule has 11 N–H and O–H groups in total. The number of carbonyl (C=O) groups excluding carboxylic acids is 6. The van der Waals surface area contributed by atoms with Crippen molar-refractivity contribution in [2.75, 3.05) is 0 Å². The zero-order valence-electron chi connectivity index (χ0n) is 26.3. The Bertz CT molecular complexity index is 1400. The number of aliphatic carboxylic acids is 1. The number of carboxylic acids is 1. The first kappa shape index (κ1) is 37.9. The van der Waals surface area contributed by atoms with Crippen LogP contribution < -0.4 is 38.5 Å². The summed E-state index contributed by atoms with van der Waals surface area (Å²) >= 11 is 0. The highest BCUT2D eigenvalue weighted by molar-refractivity contribution is 5.97. The van der Waals surface area contributed by atoms with E-state index in [9.17, 15) is 38.7 Å². The predicted octanol–water partition coefficient (Wildman–Crippen LogP) is -1.38. The summed E-state index contributed by atoms with van der Waals surface area (Å²) in [5.74, 6) is -6.81. The van der Waals surface area contributed by atoms with Gasteiger partial charge in [0, 0.05) is 12.8 Å². The molecule has 0 spiro atoms. The number of nitrogens with two attached hydrogens (primary N) is 3. The number of primary amides is 2. The molecule has 5 unspecified atom stereocenters. The largest absolute Gasteiger partial charge is 0.481 e. The second kappa shape index (κ2) is 18.6. The van der Waals surface area contributed by atoms with Crippen molar-refractivity contribution in [1.82, 2.24) is 21.3 Å². The summed E-state index contributed by atoms with van der Waals surface area (Å²) < 4.78 is 0. The van der Waals surface area contributed by atoms with Gasteiger partial charge in [0.1, 0.15) is 24.2 Å². The average Bonchev–Trinajstić information content (AvgIpc) is 3.01. The van der Waals surface area contributed by atoms with Crippen LogP contribution in [0.25, 0.3) is 0 Å². The third-order valence-corrected chi connectivity index (χ3v) is 7.14. The van der Waals surface area contributed by atoms with Gasteiger partial charge in [-0.1, -0.05) is 74.5 Å². The summed E-state index contributed by atoms with van der Waals surface area (Å²) in [5, 5.41) is 19.1. The van der Waals surface area contributed by atoms with Crippen molar-refractivity contribution in [3.63, 3.8) is 0 Å². The van der Waals surface area contributed by atoms with E-state index in [1.807, 2.05) is 0 Å². The number of carbonyl (C=O) groups is 7. The molecule has 0 radical (unpaired) electrons. The third-order valence-electron chi connectivity index (χ3n) is 7.14. The van der Waals surface area contributed by atoms with Crippen molar-refractivity contribution < 1.29 is 38.7 Å². The van der Waals surface area contributed by atoms with E-state index >= 15 is 0 Å². The Hall–Kier alpha value is -5.31. The Morgan fingerprint density at radius 3 is 1.62 bits per heavy atom. The van der Waals surface area contributed by atoms with Gasteiger partial charge in [-0.25, -0.2) is 0 Å². The van der Waals surface area contributed by atoms with Crippen LogP contribution in [0.5, 0.6) is 0 Å². The van der Waals surface area contributed by atoms with Crippen molar-refractivity contribution in [2.24, 2.45) is 23.1 Å². The van der Waals surface area contributed by atoms with Gasteiger partial charge in [0.15, 0.2) is 0 Å². The van der Waals surface area contributed by atoms with E-state index in [-0.39, 0.29) is 18.8 Å². The van der Waals surface area contributed by atoms with Gasteiger partial charge in [0.05, 0.1) is 12.5 Å². The van der Waals surface area contributed by atoms with E-state index in [4.69, 9.17) is 17.2 Å². The lowest BCUT2D eigenvalue weighted by atomic mass is 10.0. The lowest BCUT2D eigenvalue weighted by molar-refractivity contribution is -0.138. The highest BCUT2D eigenvalue weighted by Crippen LogP contribution is 2.09.